The second-order valence-corrected chi connectivity index (χ2v) is 5.03. The van der Waals surface area contributed by atoms with Crippen molar-refractivity contribution in [2.45, 2.75) is 0 Å². The highest BCUT2D eigenvalue weighted by atomic mass is 16.5. The van der Waals surface area contributed by atoms with Crippen molar-refractivity contribution in [3.8, 4) is 11.1 Å². The summed E-state index contributed by atoms with van der Waals surface area (Å²) >= 11 is 0. The minimum absolute atomic E-state index is 0.167. The van der Waals surface area contributed by atoms with Crippen LogP contribution >= 0.6 is 0 Å². The van der Waals surface area contributed by atoms with Crippen molar-refractivity contribution in [1.29, 1.82) is 0 Å². The van der Waals surface area contributed by atoms with Crippen LogP contribution in [-0.4, -0.2) is 23.8 Å². The minimum atomic E-state index is -0.475. The molecule has 4 nitrogen and oxygen atoms in total. The third-order valence-electron chi connectivity index (χ3n) is 3.61. The number of aromatic amines is 1. The molecule has 0 atom stereocenters. The minimum Gasteiger partial charge on any atom is -0.465 e. The molecular weight excluding hydrogens is 290 g/mol. The molecule has 0 saturated heterocycles. The summed E-state index contributed by atoms with van der Waals surface area (Å²) in [5.41, 5.74) is 3.09. The number of ether oxygens (including phenoxy) is 1. The SMILES string of the molecule is COC(=O)c1c[nH]c(C(=O)c2ccccc2-c2ccccc2)c1. The Bertz CT molecular complexity index is 850. The van der Waals surface area contributed by atoms with Gasteiger partial charge >= 0.3 is 5.97 Å². The van der Waals surface area contributed by atoms with Crippen LogP contribution in [0.2, 0.25) is 0 Å². The molecule has 0 radical (unpaired) electrons. The van der Waals surface area contributed by atoms with Crippen molar-refractivity contribution in [3.05, 3.63) is 83.7 Å². The normalized spacial score (nSPS) is 10.3. The third-order valence-corrected chi connectivity index (χ3v) is 3.61. The van der Waals surface area contributed by atoms with Gasteiger partial charge in [-0.2, -0.15) is 0 Å². The van der Waals surface area contributed by atoms with Gasteiger partial charge in [0.25, 0.3) is 0 Å². The van der Waals surface area contributed by atoms with E-state index in [2.05, 4.69) is 9.72 Å². The quantitative estimate of drug-likeness (QED) is 0.590. The van der Waals surface area contributed by atoms with Crippen LogP contribution in [0.15, 0.2) is 66.9 Å². The number of ketones is 1. The van der Waals surface area contributed by atoms with E-state index in [-0.39, 0.29) is 5.78 Å². The van der Waals surface area contributed by atoms with Gasteiger partial charge in [-0.15, -0.1) is 0 Å². The second-order valence-electron chi connectivity index (χ2n) is 5.03. The monoisotopic (exact) mass is 305 g/mol. The Balaban J connectivity index is 2.01. The molecule has 0 aliphatic carbocycles. The van der Waals surface area contributed by atoms with E-state index in [1.165, 1.54) is 19.4 Å². The van der Waals surface area contributed by atoms with Gasteiger partial charge in [0.15, 0.2) is 0 Å². The predicted octanol–water partition coefficient (Wildman–Crippen LogP) is 3.70. The fourth-order valence-electron chi connectivity index (χ4n) is 2.46. The number of carbonyl (C=O) groups is 2. The molecule has 114 valence electrons. The molecule has 1 N–H and O–H groups in total. The van der Waals surface area contributed by atoms with Crippen molar-refractivity contribution in [2.24, 2.45) is 0 Å². The van der Waals surface area contributed by atoms with Crippen molar-refractivity contribution < 1.29 is 14.3 Å². The van der Waals surface area contributed by atoms with Crippen LogP contribution in [0.5, 0.6) is 0 Å². The van der Waals surface area contributed by atoms with Gasteiger partial charge in [0.05, 0.1) is 18.4 Å². The highest BCUT2D eigenvalue weighted by molar-refractivity contribution is 6.12. The summed E-state index contributed by atoms with van der Waals surface area (Å²) in [6.45, 7) is 0. The van der Waals surface area contributed by atoms with E-state index in [9.17, 15) is 9.59 Å². The molecule has 1 heterocycles. The maximum absolute atomic E-state index is 12.8. The first kappa shape index (κ1) is 14.8. The average Bonchev–Trinajstić information content (AvgIpc) is 3.11. The van der Waals surface area contributed by atoms with E-state index in [4.69, 9.17) is 0 Å². The zero-order chi connectivity index (χ0) is 16.2. The number of nitrogens with one attached hydrogen (secondary N) is 1. The lowest BCUT2D eigenvalue weighted by atomic mass is 9.96. The molecule has 4 heteroatoms. The summed E-state index contributed by atoms with van der Waals surface area (Å²) in [4.78, 5) is 27.1. The first-order valence-corrected chi connectivity index (χ1v) is 7.16. The molecule has 3 aromatic rings. The van der Waals surface area contributed by atoms with E-state index in [0.29, 0.717) is 16.8 Å². The van der Waals surface area contributed by atoms with Crippen molar-refractivity contribution in [3.63, 3.8) is 0 Å². The van der Waals surface area contributed by atoms with Gasteiger partial charge in [-0.05, 0) is 17.2 Å². The second kappa shape index (κ2) is 6.32. The number of esters is 1. The highest BCUT2D eigenvalue weighted by Gasteiger charge is 2.18. The smallest absolute Gasteiger partial charge is 0.339 e. The maximum Gasteiger partial charge on any atom is 0.339 e. The Morgan fingerprint density at radius 2 is 1.65 bits per heavy atom. The van der Waals surface area contributed by atoms with Gasteiger partial charge in [0, 0.05) is 11.8 Å². The third kappa shape index (κ3) is 2.92. The van der Waals surface area contributed by atoms with Crippen molar-refractivity contribution >= 4 is 11.8 Å². The molecule has 0 bridgehead atoms. The lowest BCUT2D eigenvalue weighted by Crippen LogP contribution is -2.04. The van der Waals surface area contributed by atoms with Gasteiger partial charge in [0.2, 0.25) is 5.78 Å². The summed E-state index contributed by atoms with van der Waals surface area (Å²) in [7, 11) is 1.31. The molecule has 3 rings (SSSR count). The lowest BCUT2D eigenvalue weighted by molar-refractivity contribution is 0.0601. The molecule has 0 spiro atoms. The fraction of sp³-hybridized carbons (Fsp3) is 0.0526. The molecule has 2 aromatic carbocycles. The number of rotatable bonds is 4. The number of methoxy groups -OCH3 is 1. The van der Waals surface area contributed by atoms with Crippen LogP contribution in [0.3, 0.4) is 0 Å². The van der Waals surface area contributed by atoms with E-state index in [0.717, 1.165) is 11.1 Å². The molecule has 0 aliphatic heterocycles. The Kier molecular flexibility index (Phi) is 4.06. The molecule has 23 heavy (non-hydrogen) atoms. The number of aromatic nitrogens is 1. The summed E-state index contributed by atoms with van der Waals surface area (Å²) in [5, 5.41) is 0. The Morgan fingerprint density at radius 3 is 2.39 bits per heavy atom. The highest BCUT2D eigenvalue weighted by Crippen LogP contribution is 2.25. The van der Waals surface area contributed by atoms with Crippen LogP contribution in [0.4, 0.5) is 0 Å². The molecule has 0 unspecified atom stereocenters. The van der Waals surface area contributed by atoms with Crippen molar-refractivity contribution in [2.75, 3.05) is 7.11 Å². The summed E-state index contributed by atoms with van der Waals surface area (Å²) in [5.74, 6) is -0.642. The van der Waals surface area contributed by atoms with Crippen molar-refractivity contribution in [1.82, 2.24) is 4.98 Å². The molecule has 1 aromatic heterocycles. The van der Waals surface area contributed by atoms with Crippen LogP contribution in [0, 0.1) is 0 Å². The number of benzene rings is 2. The zero-order valence-corrected chi connectivity index (χ0v) is 12.6. The molecule has 0 saturated carbocycles. The number of hydrogen-bond acceptors (Lipinski definition) is 3. The van der Waals surface area contributed by atoms with Crippen LogP contribution in [0.1, 0.15) is 26.4 Å². The van der Waals surface area contributed by atoms with Crippen LogP contribution < -0.4 is 0 Å². The summed E-state index contributed by atoms with van der Waals surface area (Å²) < 4.78 is 4.66. The number of carbonyl (C=O) groups excluding carboxylic acids is 2. The predicted molar refractivity (Wildman–Crippen MR) is 87.4 cm³/mol. The van der Waals surface area contributed by atoms with Gasteiger partial charge in [-0.25, -0.2) is 4.79 Å². The van der Waals surface area contributed by atoms with E-state index >= 15 is 0 Å². The molecule has 0 amide bonds. The summed E-state index contributed by atoms with van der Waals surface area (Å²) in [6, 6.07) is 18.6. The van der Waals surface area contributed by atoms with E-state index < -0.39 is 5.97 Å². The van der Waals surface area contributed by atoms with Crippen LogP contribution in [0.25, 0.3) is 11.1 Å². The molecular formula is C19H15NO3. The average molecular weight is 305 g/mol. The van der Waals surface area contributed by atoms with Gasteiger partial charge in [-0.1, -0.05) is 54.6 Å². The Labute approximate surface area is 133 Å². The number of hydrogen-bond donors (Lipinski definition) is 1. The van der Waals surface area contributed by atoms with Gasteiger partial charge in [-0.3, -0.25) is 4.79 Å². The Hall–Kier alpha value is -3.14. The van der Waals surface area contributed by atoms with Gasteiger partial charge < -0.3 is 9.72 Å². The molecule has 0 aliphatic rings. The fourth-order valence-corrected chi connectivity index (χ4v) is 2.46. The Morgan fingerprint density at radius 1 is 0.957 bits per heavy atom. The zero-order valence-electron chi connectivity index (χ0n) is 12.6. The topological polar surface area (TPSA) is 59.2 Å². The van der Waals surface area contributed by atoms with Crippen LogP contribution in [-0.2, 0) is 4.74 Å². The molecule has 0 fully saturated rings. The first-order chi connectivity index (χ1) is 11.2. The number of H-pyrrole nitrogens is 1. The first-order valence-electron chi connectivity index (χ1n) is 7.16. The van der Waals surface area contributed by atoms with E-state index in [1.54, 1.807) is 6.07 Å². The maximum atomic E-state index is 12.8. The standard InChI is InChI=1S/C19H15NO3/c1-23-19(22)14-11-17(20-12-14)18(21)16-10-6-5-9-15(16)13-7-3-2-4-8-13/h2-12,20H,1H3. The van der Waals surface area contributed by atoms with E-state index in [1.807, 2.05) is 48.5 Å². The summed E-state index contributed by atoms with van der Waals surface area (Å²) in [6.07, 6.45) is 1.48. The van der Waals surface area contributed by atoms with Gasteiger partial charge in [0.1, 0.15) is 0 Å². The largest absolute Gasteiger partial charge is 0.465 e. The lowest BCUT2D eigenvalue weighted by Gasteiger charge is -2.08.